The van der Waals surface area contributed by atoms with Gasteiger partial charge in [0.05, 0.1) is 12.6 Å². The predicted octanol–water partition coefficient (Wildman–Crippen LogP) is 1.81. The largest absolute Gasteiger partial charge is 0.370 e. The fourth-order valence-electron chi connectivity index (χ4n) is 1.93. The summed E-state index contributed by atoms with van der Waals surface area (Å²) < 4.78 is 0. The van der Waals surface area contributed by atoms with Crippen LogP contribution in [0.25, 0.3) is 10.4 Å². The molecule has 1 atom stereocenters. The highest BCUT2D eigenvalue weighted by Gasteiger charge is 2.26. The van der Waals surface area contributed by atoms with Crippen LogP contribution in [0.2, 0.25) is 0 Å². The highest BCUT2D eigenvalue weighted by molar-refractivity contribution is 5.97. The maximum absolute atomic E-state index is 8.36. The lowest BCUT2D eigenvalue weighted by atomic mass is 10.2. The molecule has 6 heteroatoms. The van der Waals surface area contributed by atoms with Crippen molar-refractivity contribution in [2.24, 2.45) is 15.8 Å². The van der Waals surface area contributed by atoms with Crippen LogP contribution in [0.15, 0.2) is 34.4 Å². The molecule has 0 amide bonds. The molecule has 1 aromatic carbocycles. The summed E-state index contributed by atoms with van der Waals surface area (Å²) in [5, 5.41) is 3.60. The molecule has 0 radical (unpaired) electrons. The topological polar surface area (TPSA) is 90.4 Å². The van der Waals surface area contributed by atoms with E-state index in [9.17, 15) is 0 Å². The standard InChI is InChI=1S/C11H14N6/c1-8-3-2-4-9(5-8)17-10(7-15-16-13)6-14-11(17)12/h2-5,10H,6-7H2,1H3,(H2,12,14). The van der Waals surface area contributed by atoms with E-state index in [4.69, 9.17) is 11.3 Å². The van der Waals surface area contributed by atoms with E-state index in [-0.39, 0.29) is 6.04 Å². The fourth-order valence-corrected chi connectivity index (χ4v) is 1.93. The van der Waals surface area contributed by atoms with Crippen molar-refractivity contribution < 1.29 is 0 Å². The lowest BCUT2D eigenvalue weighted by Crippen LogP contribution is -2.42. The van der Waals surface area contributed by atoms with Crippen molar-refractivity contribution in [3.8, 4) is 0 Å². The Morgan fingerprint density at radius 1 is 1.65 bits per heavy atom. The third kappa shape index (κ3) is 2.32. The summed E-state index contributed by atoms with van der Waals surface area (Å²) in [6.45, 7) is 2.96. The maximum atomic E-state index is 8.36. The maximum Gasteiger partial charge on any atom is 0.196 e. The van der Waals surface area contributed by atoms with E-state index >= 15 is 0 Å². The molecule has 1 aliphatic heterocycles. The predicted molar refractivity (Wildman–Crippen MR) is 67.9 cm³/mol. The molecule has 1 aromatic rings. The molecular formula is C11H14N6. The molecule has 0 saturated carbocycles. The number of hydrogen-bond acceptors (Lipinski definition) is 4. The Labute approximate surface area is 99.4 Å². The van der Waals surface area contributed by atoms with Crippen LogP contribution in [-0.4, -0.2) is 25.1 Å². The number of aliphatic imine (C=N–C) groups is 1. The van der Waals surface area contributed by atoms with E-state index in [2.05, 4.69) is 15.0 Å². The molecule has 1 heterocycles. The summed E-state index contributed by atoms with van der Waals surface area (Å²) in [5.41, 5.74) is 16.4. The van der Waals surface area contributed by atoms with Crippen molar-refractivity contribution in [2.45, 2.75) is 13.0 Å². The molecular weight excluding hydrogens is 216 g/mol. The Morgan fingerprint density at radius 2 is 2.47 bits per heavy atom. The van der Waals surface area contributed by atoms with Crippen LogP contribution in [0.5, 0.6) is 0 Å². The number of hydrogen-bond donors (Lipinski definition) is 1. The molecule has 0 aliphatic carbocycles. The highest BCUT2D eigenvalue weighted by Crippen LogP contribution is 2.21. The number of nitrogens with zero attached hydrogens (tertiary/aromatic N) is 5. The quantitative estimate of drug-likeness (QED) is 0.487. The Balaban J connectivity index is 2.27. The zero-order valence-corrected chi connectivity index (χ0v) is 9.61. The van der Waals surface area contributed by atoms with Crippen LogP contribution in [-0.2, 0) is 0 Å². The summed E-state index contributed by atoms with van der Waals surface area (Å²) in [5.74, 6) is 0.480. The van der Waals surface area contributed by atoms with Gasteiger partial charge in [-0.15, -0.1) is 0 Å². The van der Waals surface area contributed by atoms with Gasteiger partial charge in [-0.1, -0.05) is 17.2 Å². The first-order valence-electron chi connectivity index (χ1n) is 5.39. The average molecular weight is 230 g/mol. The van der Waals surface area contributed by atoms with Gasteiger partial charge in [-0.05, 0) is 30.2 Å². The molecule has 0 fully saturated rings. The van der Waals surface area contributed by atoms with Crippen LogP contribution in [0.3, 0.4) is 0 Å². The average Bonchev–Trinajstić information content (AvgIpc) is 2.68. The SMILES string of the molecule is Cc1cccc(N2C(N)=NCC2CN=[N+]=[N-])c1. The molecule has 17 heavy (non-hydrogen) atoms. The van der Waals surface area contributed by atoms with Crippen LogP contribution in [0, 0.1) is 6.92 Å². The molecule has 0 aromatic heterocycles. The van der Waals surface area contributed by atoms with Crippen molar-refractivity contribution in [1.82, 2.24) is 0 Å². The first-order chi connectivity index (χ1) is 8.22. The lowest BCUT2D eigenvalue weighted by Gasteiger charge is -2.25. The van der Waals surface area contributed by atoms with E-state index in [1.165, 1.54) is 0 Å². The summed E-state index contributed by atoms with van der Waals surface area (Å²) in [4.78, 5) is 8.89. The van der Waals surface area contributed by atoms with Crippen LogP contribution in [0.4, 0.5) is 5.69 Å². The van der Waals surface area contributed by atoms with Crippen molar-refractivity contribution in [3.63, 3.8) is 0 Å². The van der Waals surface area contributed by atoms with E-state index < -0.39 is 0 Å². The van der Waals surface area contributed by atoms with E-state index in [1.807, 2.05) is 36.1 Å². The van der Waals surface area contributed by atoms with E-state index in [0.29, 0.717) is 19.0 Å². The van der Waals surface area contributed by atoms with Gasteiger partial charge in [0.25, 0.3) is 0 Å². The number of guanidine groups is 1. The van der Waals surface area contributed by atoms with Crippen molar-refractivity contribution in [1.29, 1.82) is 0 Å². The minimum absolute atomic E-state index is 0.0210. The van der Waals surface area contributed by atoms with Crippen molar-refractivity contribution in [3.05, 3.63) is 40.3 Å². The number of azide groups is 1. The summed E-state index contributed by atoms with van der Waals surface area (Å²) in [7, 11) is 0. The second-order valence-electron chi connectivity index (χ2n) is 3.98. The molecule has 0 spiro atoms. The minimum Gasteiger partial charge on any atom is -0.370 e. The summed E-state index contributed by atoms with van der Waals surface area (Å²) in [6, 6.07) is 8.03. The molecule has 1 unspecified atom stereocenters. The third-order valence-electron chi connectivity index (χ3n) is 2.71. The van der Waals surface area contributed by atoms with Gasteiger partial charge in [0, 0.05) is 17.1 Å². The van der Waals surface area contributed by atoms with Gasteiger partial charge in [0.2, 0.25) is 0 Å². The Morgan fingerprint density at radius 3 is 3.18 bits per heavy atom. The number of aryl methyl sites for hydroxylation is 1. The van der Waals surface area contributed by atoms with Crippen molar-refractivity contribution in [2.75, 3.05) is 18.0 Å². The van der Waals surface area contributed by atoms with E-state index in [0.717, 1.165) is 11.3 Å². The van der Waals surface area contributed by atoms with Gasteiger partial charge in [-0.3, -0.25) is 4.99 Å². The Hall–Kier alpha value is -2.20. The Kier molecular flexibility index (Phi) is 3.16. The number of nitrogens with two attached hydrogens (primary N) is 1. The van der Waals surface area contributed by atoms with Crippen LogP contribution in [0.1, 0.15) is 5.56 Å². The normalized spacial score (nSPS) is 18.8. The zero-order chi connectivity index (χ0) is 12.3. The van der Waals surface area contributed by atoms with Gasteiger partial charge < -0.3 is 10.6 Å². The van der Waals surface area contributed by atoms with Crippen molar-refractivity contribution >= 4 is 11.6 Å². The second kappa shape index (κ2) is 4.76. The van der Waals surface area contributed by atoms with Gasteiger partial charge in [0.15, 0.2) is 5.96 Å². The van der Waals surface area contributed by atoms with E-state index in [1.54, 1.807) is 0 Å². The Bertz CT molecular complexity index is 488. The molecule has 88 valence electrons. The summed E-state index contributed by atoms with van der Waals surface area (Å²) in [6.07, 6.45) is 0. The van der Waals surface area contributed by atoms with Gasteiger partial charge in [-0.25, -0.2) is 0 Å². The first-order valence-corrected chi connectivity index (χ1v) is 5.39. The van der Waals surface area contributed by atoms with Gasteiger partial charge in [0.1, 0.15) is 0 Å². The lowest BCUT2D eigenvalue weighted by molar-refractivity contribution is 0.715. The van der Waals surface area contributed by atoms with Crippen LogP contribution >= 0.6 is 0 Å². The molecule has 0 bridgehead atoms. The molecule has 0 saturated heterocycles. The second-order valence-corrected chi connectivity index (χ2v) is 3.98. The summed E-state index contributed by atoms with van der Waals surface area (Å²) >= 11 is 0. The fraction of sp³-hybridized carbons (Fsp3) is 0.364. The van der Waals surface area contributed by atoms with Gasteiger partial charge in [-0.2, -0.15) is 0 Å². The molecule has 2 N–H and O–H groups in total. The number of rotatable bonds is 3. The zero-order valence-electron chi connectivity index (χ0n) is 9.61. The number of anilines is 1. The smallest absolute Gasteiger partial charge is 0.196 e. The van der Waals surface area contributed by atoms with Crippen LogP contribution < -0.4 is 10.6 Å². The first kappa shape index (κ1) is 11.3. The molecule has 1 aliphatic rings. The van der Waals surface area contributed by atoms with Gasteiger partial charge >= 0.3 is 0 Å². The molecule has 6 nitrogen and oxygen atoms in total. The molecule has 2 rings (SSSR count). The third-order valence-corrected chi connectivity index (χ3v) is 2.71. The number of benzene rings is 1. The highest BCUT2D eigenvalue weighted by atomic mass is 15.3. The monoisotopic (exact) mass is 230 g/mol. The minimum atomic E-state index is 0.0210.